The minimum absolute atomic E-state index is 0.0472. The topological polar surface area (TPSA) is 112 Å². The van der Waals surface area contributed by atoms with E-state index in [2.05, 4.69) is 10.5 Å². The first-order valence-corrected chi connectivity index (χ1v) is 15.2. The van der Waals surface area contributed by atoms with Crippen LogP contribution < -0.4 is 10.1 Å². The van der Waals surface area contributed by atoms with Crippen molar-refractivity contribution in [2.24, 2.45) is 4.99 Å². The second kappa shape index (κ2) is 14.1. The molecule has 10 heteroatoms. The quantitative estimate of drug-likeness (QED) is 0.136. The van der Waals surface area contributed by atoms with Crippen molar-refractivity contribution in [2.45, 2.75) is 52.2 Å². The van der Waals surface area contributed by atoms with Crippen LogP contribution in [-0.4, -0.2) is 48.2 Å². The molecule has 0 bridgehead atoms. The van der Waals surface area contributed by atoms with E-state index in [0.717, 1.165) is 33.7 Å². The zero-order valence-electron chi connectivity index (χ0n) is 25.8. The van der Waals surface area contributed by atoms with Crippen LogP contribution in [0.2, 0.25) is 5.02 Å². The highest BCUT2D eigenvalue weighted by molar-refractivity contribution is 6.30. The lowest BCUT2D eigenvalue weighted by molar-refractivity contribution is -0.156. The molecule has 1 N–H and O–H groups in total. The van der Waals surface area contributed by atoms with Crippen molar-refractivity contribution in [3.8, 4) is 16.9 Å². The summed E-state index contributed by atoms with van der Waals surface area (Å²) in [6.45, 7) is 8.28. The van der Waals surface area contributed by atoms with E-state index >= 15 is 0 Å². The first-order chi connectivity index (χ1) is 21.6. The molecule has 0 fully saturated rings. The average Bonchev–Trinajstić information content (AvgIpc) is 3.32. The molecular formula is C35H36ClN3O6. The van der Waals surface area contributed by atoms with Crippen molar-refractivity contribution in [1.29, 1.82) is 0 Å². The second-order valence-electron chi connectivity index (χ2n) is 11.6. The van der Waals surface area contributed by atoms with Crippen molar-refractivity contribution in [3.05, 3.63) is 100 Å². The summed E-state index contributed by atoms with van der Waals surface area (Å²) in [5, 5.41) is 7.81. The maximum atomic E-state index is 13.3. The van der Waals surface area contributed by atoms with Crippen molar-refractivity contribution in [2.75, 3.05) is 25.1 Å². The number of hydrogen-bond acceptors (Lipinski definition) is 8. The largest absolute Gasteiger partial charge is 0.491 e. The predicted octanol–water partition coefficient (Wildman–Crippen LogP) is 7.35. The van der Waals surface area contributed by atoms with E-state index in [9.17, 15) is 9.59 Å². The molecule has 1 atom stereocenters. The number of aryl methyl sites for hydroxylation is 1. The number of hydrogen-bond donors (Lipinski definition) is 1. The number of carbonyl (C=O) groups excluding carboxylic acids is 2. The van der Waals surface area contributed by atoms with Gasteiger partial charge in [-0.3, -0.25) is 14.6 Å². The van der Waals surface area contributed by atoms with E-state index < -0.39 is 11.6 Å². The van der Waals surface area contributed by atoms with Gasteiger partial charge in [0.05, 0.1) is 43.0 Å². The van der Waals surface area contributed by atoms with Gasteiger partial charge in [-0.05, 0) is 69.7 Å². The highest BCUT2D eigenvalue weighted by Gasteiger charge is 2.31. The molecule has 0 saturated heterocycles. The normalized spacial score (nSPS) is 14.1. The monoisotopic (exact) mass is 629 g/mol. The van der Waals surface area contributed by atoms with Crippen molar-refractivity contribution >= 4 is 34.9 Å². The Morgan fingerprint density at radius 1 is 0.933 bits per heavy atom. The number of fused-ring (bicyclic) bond motifs is 3. The molecule has 0 aliphatic carbocycles. The number of ether oxygens (including phenoxy) is 3. The predicted molar refractivity (Wildman–Crippen MR) is 173 cm³/mol. The number of nitrogens with zero attached hydrogens (tertiary/aromatic N) is 2. The summed E-state index contributed by atoms with van der Waals surface area (Å²) in [5.41, 5.74) is 5.21. The minimum Gasteiger partial charge on any atom is -0.491 e. The van der Waals surface area contributed by atoms with Gasteiger partial charge in [-0.1, -0.05) is 53.2 Å². The lowest BCUT2D eigenvalue weighted by atomic mass is 9.93. The van der Waals surface area contributed by atoms with Crippen molar-refractivity contribution < 1.29 is 28.3 Å². The Kier molecular flexibility index (Phi) is 10.0. The van der Waals surface area contributed by atoms with E-state index in [1.54, 1.807) is 24.3 Å². The van der Waals surface area contributed by atoms with Crippen molar-refractivity contribution in [1.82, 2.24) is 5.16 Å². The van der Waals surface area contributed by atoms with Crippen LogP contribution in [0.15, 0.2) is 82.3 Å². The van der Waals surface area contributed by atoms with Gasteiger partial charge in [-0.2, -0.15) is 0 Å². The van der Waals surface area contributed by atoms with Crippen LogP contribution in [0.5, 0.6) is 5.75 Å². The summed E-state index contributed by atoms with van der Waals surface area (Å²) in [6.07, 6.45) is 0.232. The molecule has 2 heterocycles. The highest BCUT2D eigenvalue weighted by atomic mass is 35.5. The summed E-state index contributed by atoms with van der Waals surface area (Å²) in [7, 11) is 0. The molecule has 0 radical (unpaired) electrons. The maximum absolute atomic E-state index is 13.3. The lowest BCUT2D eigenvalue weighted by Crippen LogP contribution is -2.24. The van der Waals surface area contributed by atoms with Gasteiger partial charge in [-0.25, -0.2) is 0 Å². The Bertz CT molecular complexity index is 1670. The zero-order chi connectivity index (χ0) is 32.0. The van der Waals surface area contributed by atoms with E-state index in [4.69, 9.17) is 35.3 Å². The number of halogens is 1. The Labute approximate surface area is 267 Å². The number of aromatic nitrogens is 1. The van der Waals surface area contributed by atoms with Crippen LogP contribution in [0.3, 0.4) is 0 Å². The molecule has 1 amide bonds. The number of anilines is 1. The molecule has 5 rings (SSSR count). The molecule has 9 nitrogen and oxygen atoms in total. The zero-order valence-corrected chi connectivity index (χ0v) is 26.5. The summed E-state index contributed by atoms with van der Waals surface area (Å²) >= 11 is 6.17. The maximum Gasteiger partial charge on any atom is 0.308 e. The van der Waals surface area contributed by atoms with E-state index in [1.807, 2.05) is 76.2 Å². The lowest BCUT2D eigenvalue weighted by Gasteiger charge is -2.19. The van der Waals surface area contributed by atoms with E-state index in [1.165, 1.54) is 0 Å². The van der Waals surface area contributed by atoms with Gasteiger partial charge in [-0.15, -0.1) is 0 Å². The third-order valence-corrected chi connectivity index (χ3v) is 7.18. The summed E-state index contributed by atoms with van der Waals surface area (Å²) in [6, 6.07) is 21.9. The molecule has 1 aromatic heterocycles. The van der Waals surface area contributed by atoms with Crippen LogP contribution in [-0.2, 0) is 19.1 Å². The molecular weight excluding hydrogens is 594 g/mol. The van der Waals surface area contributed by atoms with Gasteiger partial charge < -0.3 is 24.1 Å². The molecule has 0 saturated carbocycles. The molecule has 0 spiro atoms. The highest BCUT2D eigenvalue weighted by Crippen LogP contribution is 2.41. The average molecular weight is 630 g/mol. The minimum atomic E-state index is -0.600. The SMILES string of the molecule is Cc1noc2c1-c1ccccc1C(c1ccc(Cl)cc1)=N[C@H]2CC(=O)Nc1ccc(OCCOCCC(=O)OC(C)(C)C)cc1. The standard InChI is InChI=1S/C35H36ClN3O6/c1-22-32-27-7-5-6-8-28(27)33(23-9-11-24(36)12-10-23)38-29(34(32)45-39-22)21-30(40)37-25-13-15-26(16-14-25)43-20-19-42-18-17-31(41)44-35(2,3)4/h5-16,29H,17-21H2,1-4H3,(H,37,40)/t29-/m0/s1. The second-order valence-corrected chi connectivity index (χ2v) is 12.1. The van der Waals surface area contributed by atoms with Gasteiger partial charge in [0.1, 0.15) is 24.0 Å². The Morgan fingerprint density at radius 2 is 1.64 bits per heavy atom. The third kappa shape index (κ3) is 8.38. The van der Waals surface area contributed by atoms with Gasteiger partial charge in [0.25, 0.3) is 0 Å². The molecule has 234 valence electrons. The number of nitrogens with one attached hydrogen (secondary N) is 1. The fourth-order valence-electron chi connectivity index (χ4n) is 5.00. The molecule has 0 unspecified atom stereocenters. The number of carbonyl (C=O) groups is 2. The van der Waals surface area contributed by atoms with Crippen LogP contribution in [0, 0.1) is 6.92 Å². The number of esters is 1. The Hall–Kier alpha value is -4.47. The number of aliphatic imine (C=N–C) groups is 1. The van der Waals surface area contributed by atoms with E-state index in [0.29, 0.717) is 35.4 Å². The Balaban J connectivity index is 1.21. The smallest absolute Gasteiger partial charge is 0.308 e. The van der Waals surface area contributed by atoms with E-state index in [-0.39, 0.29) is 31.3 Å². The number of rotatable bonds is 11. The van der Waals surface area contributed by atoms with Crippen LogP contribution in [0.25, 0.3) is 11.1 Å². The van der Waals surface area contributed by atoms with Gasteiger partial charge in [0.2, 0.25) is 5.91 Å². The first-order valence-electron chi connectivity index (χ1n) is 14.8. The first kappa shape index (κ1) is 31.9. The molecule has 1 aliphatic rings. The number of benzene rings is 3. The summed E-state index contributed by atoms with van der Waals surface area (Å²) < 4.78 is 22.2. The van der Waals surface area contributed by atoms with Gasteiger partial charge in [0.15, 0.2) is 5.76 Å². The fraction of sp³-hybridized carbons (Fsp3) is 0.314. The molecule has 4 aromatic rings. The number of amides is 1. The fourth-order valence-corrected chi connectivity index (χ4v) is 5.13. The molecule has 3 aromatic carbocycles. The van der Waals surface area contributed by atoms with Crippen LogP contribution in [0.1, 0.15) is 62.2 Å². The summed E-state index contributed by atoms with van der Waals surface area (Å²) in [4.78, 5) is 30.1. The Morgan fingerprint density at radius 3 is 2.36 bits per heavy atom. The van der Waals surface area contributed by atoms with Crippen LogP contribution >= 0.6 is 11.6 Å². The third-order valence-electron chi connectivity index (χ3n) is 6.93. The molecule has 1 aliphatic heterocycles. The van der Waals surface area contributed by atoms with Gasteiger partial charge >= 0.3 is 5.97 Å². The molecule has 45 heavy (non-hydrogen) atoms. The van der Waals surface area contributed by atoms with Gasteiger partial charge in [0, 0.05) is 21.8 Å². The summed E-state index contributed by atoms with van der Waals surface area (Å²) in [5.74, 6) is 0.660. The van der Waals surface area contributed by atoms with Crippen molar-refractivity contribution in [3.63, 3.8) is 0 Å². The van der Waals surface area contributed by atoms with Crippen LogP contribution in [0.4, 0.5) is 5.69 Å².